The van der Waals surface area contributed by atoms with Gasteiger partial charge in [0, 0.05) is 6.04 Å². The summed E-state index contributed by atoms with van der Waals surface area (Å²) < 4.78 is 13.5. The lowest BCUT2D eigenvalue weighted by Crippen LogP contribution is -2.27. The van der Waals surface area contributed by atoms with Gasteiger partial charge in [-0.15, -0.1) is 6.42 Å². The van der Waals surface area contributed by atoms with E-state index >= 15 is 0 Å². The van der Waals surface area contributed by atoms with Crippen LogP contribution in [0.4, 0.5) is 4.39 Å². The maximum absolute atomic E-state index is 13.0. The van der Waals surface area contributed by atoms with Crippen molar-refractivity contribution in [2.24, 2.45) is 0 Å². The Morgan fingerprint density at radius 1 is 1.47 bits per heavy atom. The van der Waals surface area contributed by atoms with Gasteiger partial charge in [-0.25, -0.2) is 4.39 Å². The van der Waals surface area contributed by atoms with E-state index in [4.69, 9.17) is 6.42 Å². The average molecular weight is 270 g/mol. The van der Waals surface area contributed by atoms with Crippen molar-refractivity contribution in [1.29, 1.82) is 0 Å². The Labute approximate surface area is 98.2 Å². The van der Waals surface area contributed by atoms with Gasteiger partial charge in [0.05, 0.1) is 10.5 Å². The number of halogens is 2. The molecule has 0 aromatic heterocycles. The summed E-state index contributed by atoms with van der Waals surface area (Å²) in [5, 5.41) is 3.21. The van der Waals surface area contributed by atoms with Gasteiger partial charge in [0.25, 0.3) is 0 Å². The second-order valence-corrected chi connectivity index (χ2v) is 4.30. The molecule has 0 radical (unpaired) electrons. The number of benzene rings is 1. The average Bonchev–Trinajstić information content (AvgIpc) is 2.21. The molecule has 1 aromatic rings. The van der Waals surface area contributed by atoms with E-state index in [2.05, 4.69) is 27.2 Å². The van der Waals surface area contributed by atoms with E-state index in [-0.39, 0.29) is 17.9 Å². The summed E-state index contributed by atoms with van der Waals surface area (Å²) in [6.07, 6.45) is 5.27. The molecule has 1 rings (SSSR count). The first-order valence-electron chi connectivity index (χ1n) is 4.71. The van der Waals surface area contributed by atoms with Gasteiger partial charge >= 0.3 is 0 Å². The highest BCUT2D eigenvalue weighted by Gasteiger charge is 2.09. The summed E-state index contributed by atoms with van der Waals surface area (Å²) in [7, 11) is 0. The van der Waals surface area contributed by atoms with E-state index in [0.717, 1.165) is 5.56 Å². The number of hydrogen-bond donors (Lipinski definition) is 1. The molecule has 2 unspecified atom stereocenters. The van der Waals surface area contributed by atoms with Crippen LogP contribution in [0.15, 0.2) is 22.7 Å². The lowest BCUT2D eigenvalue weighted by Gasteiger charge is -2.16. The zero-order chi connectivity index (χ0) is 11.4. The Balaban J connectivity index is 2.79. The minimum absolute atomic E-state index is 0.00354. The molecule has 15 heavy (non-hydrogen) atoms. The van der Waals surface area contributed by atoms with E-state index in [1.165, 1.54) is 6.07 Å². The molecule has 0 amide bonds. The molecule has 0 bridgehead atoms. The van der Waals surface area contributed by atoms with Crippen LogP contribution in [0, 0.1) is 18.2 Å². The van der Waals surface area contributed by atoms with Crippen molar-refractivity contribution >= 4 is 15.9 Å². The van der Waals surface area contributed by atoms with Crippen LogP contribution in [-0.4, -0.2) is 6.04 Å². The van der Waals surface area contributed by atoms with Crippen molar-refractivity contribution in [3.8, 4) is 12.3 Å². The molecule has 1 aromatic carbocycles. The second kappa shape index (κ2) is 5.29. The molecule has 0 aliphatic heterocycles. The molecule has 0 heterocycles. The summed E-state index contributed by atoms with van der Waals surface area (Å²) in [4.78, 5) is 0. The van der Waals surface area contributed by atoms with Crippen molar-refractivity contribution in [2.75, 3.05) is 0 Å². The molecule has 0 saturated carbocycles. The highest BCUT2D eigenvalue weighted by Crippen LogP contribution is 2.21. The zero-order valence-electron chi connectivity index (χ0n) is 8.72. The molecular formula is C12H13BrFN. The van der Waals surface area contributed by atoms with Gasteiger partial charge < -0.3 is 0 Å². The smallest absolute Gasteiger partial charge is 0.137 e. The minimum Gasteiger partial charge on any atom is -0.297 e. The topological polar surface area (TPSA) is 12.0 Å². The van der Waals surface area contributed by atoms with Gasteiger partial charge in [-0.3, -0.25) is 5.32 Å². The van der Waals surface area contributed by atoms with Crippen LogP contribution in [0.25, 0.3) is 0 Å². The lowest BCUT2D eigenvalue weighted by atomic mass is 10.1. The fraction of sp³-hybridized carbons (Fsp3) is 0.333. The molecule has 3 heteroatoms. The van der Waals surface area contributed by atoms with Crippen LogP contribution in [0.2, 0.25) is 0 Å². The summed E-state index contributed by atoms with van der Waals surface area (Å²) in [5.74, 6) is 2.34. The molecule has 1 N–H and O–H groups in total. The van der Waals surface area contributed by atoms with Gasteiger partial charge in [0.15, 0.2) is 0 Å². The van der Waals surface area contributed by atoms with Crippen molar-refractivity contribution in [3.63, 3.8) is 0 Å². The largest absolute Gasteiger partial charge is 0.297 e. The first-order chi connectivity index (χ1) is 7.04. The van der Waals surface area contributed by atoms with Crippen LogP contribution in [0.3, 0.4) is 0 Å². The molecule has 0 fully saturated rings. The van der Waals surface area contributed by atoms with Crippen molar-refractivity contribution in [2.45, 2.75) is 25.9 Å². The van der Waals surface area contributed by atoms with Crippen molar-refractivity contribution < 1.29 is 4.39 Å². The number of terminal acetylenes is 1. The fourth-order valence-electron chi connectivity index (χ4n) is 1.30. The molecule has 0 saturated heterocycles. The van der Waals surface area contributed by atoms with Gasteiger partial charge in [0.2, 0.25) is 0 Å². The third kappa shape index (κ3) is 3.33. The Hall–Kier alpha value is -0.850. The molecule has 80 valence electrons. The van der Waals surface area contributed by atoms with Gasteiger partial charge in [-0.1, -0.05) is 12.0 Å². The van der Waals surface area contributed by atoms with Gasteiger partial charge in [-0.05, 0) is 47.5 Å². The Kier molecular flexibility index (Phi) is 4.31. The normalized spacial score (nSPS) is 14.3. The van der Waals surface area contributed by atoms with Crippen LogP contribution in [-0.2, 0) is 0 Å². The zero-order valence-corrected chi connectivity index (χ0v) is 10.3. The number of hydrogen-bond acceptors (Lipinski definition) is 1. The molecule has 2 atom stereocenters. The Bertz CT molecular complexity index is 384. The number of rotatable bonds is 3. The predicted molar refractivity (Wildman–Crippen MR) is 63.9 cm³/mol. The van der Waals surface area contributed by atoms with Crippen LogP contribution in [0.1, 0.15) is 25.5 Å². The number of nitrogens with one attached hydrogen (secondary N) is 1. The quantitative estimate of drug-likeness (QED) is 0.831. The molecule has 1 nitrogen and oxygen atoms in total. The van der Waals surface area contributed by atoms with Crippen LogP contribution >= 0.6 is 15.9 Å². The third-order valence-corrected chi connectivity index (χ3v) is 2.80. The summed E-state index contributed by atoms with van der Waals surface area (Å²) >= 11 is 3.15. The summed E-state index contributed by atoms with van der Waals surface area (Å²) in [6, 6.07) is 5.06. The van der Waals surface area contributed by atoms with E-state index in [0.29, 0.717) is 4.47 Å². The molecular weight excluding hydrogens is 257 g/mol. The third-order valence-electron chi connectivity index (χ3n) is 2.19. The Morgan fingerprint density at radius 2 is 2.13 bits per heavy atom. The lowest BCUT2D eigenvalue weighted by molar-refractivity contribution is 0.543. The first-order valence-corrected chi connectivity index (χ1v) is 5.51. The maximum atomic E-state index is 13.0. The standard InChI is InChI=1S/C12H13BrFN/c1-4-8(2)15-9(3)10-5-6-12(14)11(13)7-10/h1,5-9,15H,2-3H3. The molecule has 0 aliphatic carbocycles. The highest BCUT2D eigenvalue weighted by atomic mass is 79.9. The van der Waals surface area contributed by atoms with Crippen LogP contribution < -0.4 is 5.32 Å². The van der Waals surface area contributed by atoms with E-state index < -0.39 is 0 Å². The molecule has 0 spiro atoms. The predicted octanol–water partition coefficient (Wildman–Crippen LogP) is 3.26. The van der Waals surface area contributed by atoms with E-state index in [9.17, 15) is 4.39 Å². The second-order valence-electron chi connectivity index (χ2n) is 3.45. The van der Waals surface area contributed by atoms with Gasteiger partial charge in [0.1, 0.15) is 5.82 Å². The highest BCUT2D eigenvalue weighted by molar-refractivity contribution is 9.10. The van der Waals surface area contributed by atoms with Crippen molar-refractivity contribution in [3.05, 3.63) is 34.1 Å². The summed E-state index contributed by atoms with van der Waals surface area (Å²) in [5.41, 5.74) is 1.00. The summed E-state index contributed by atoms with van der Waals surface area (Å²) in [6.45, 7) is 3.91. The Morgan fingerprint density at radius 3 is 2.67 bits per heavy atom. The first kappa shape index (κ1) is 12.2. The minimum atomic E-state index is -0.254. The van der Waals surface area contributed by atoms with Crippen LogP contribution in [0.5, 0.6) is 0 Å². The maximum Gasteiger partial charge on any atom is 0.137 e. The SMILES string of the molecule is C#CC(C)NC(C)c1ccc(F)c(Br)c1. The monoisotopic (exact) mass is 269 g/mol. The molecule has 0 aliphatic rings. The van der Waals surface area contributed by atoms with Crippen molar-refractivity contribution in [1.82, 2.24) is 5.32 Å². The van der Waals surface area contributed by atoms with Gasteiger partial charge in [-0.2, -0.15) is 0 Å². The van der Waals surface area contributed by atoms with E-state index in [1.54, 1.807) is 12.1 Å². The fourth-order valence-corrected chi connectivity index (χ4v) is 1.70. The van der Waals surface area contributed by atoms with E-state index in [1.807, 2.05) is 13.8 Å².